The van der Waals surface area contributed by atoms with E-state index in [1.807, 2.05) is 31.3 Å². The Hall–Kier alpha value is -1.94. The highest BCUT2D eigenvalue weighted by atomic mass is 19.1. The van der Waals surface area contributed by atoms with Gasteiger partial charge in [0.15, 0.2) is 0 Å². The monoisotopic (exact) mass is 260 g/mol. The first-order valence-electron chi connectivity index (χ1n) is 6.13. The Kier molecular flexibility index (Phi) is 4.47. The molecule has 0 saturated heterocycles. The average Bonchev–Trinajstić information content (AvgIpc) is 2.45. The van der Waals surface area contributed by atoms with Gasteiger partial charge in [0.05, 0.1) is 13.3 Å². The number of halogens is 1. The van der Waals surface area contributed by atoms with Gasteiger partial charge in [0.1, 0.15) is 11.6 Å². The molecule has 1 N–H and O–H groups in total. The van der Waals surface area contributed by atoms with Gasteiger partial charge in [-0.1, -0.05) is 12.1 Å². The maximum absolute atomic E-state index is 13.2. The molecule has 0 saturated carbocycles. The smallest absolute Gasteiger partial charge is 0.141 e. The Balaban J connectivity index is 2.18. The topological polar surface area (TPSA) is 34.1 Å². The van der Waals surface area contributed by atoms with E-state index in [9.17, 15) is 4.39 Å². The largest absolute Gasteiger partial charge is 0.497 e. The Morgan fingerprint density at radius 2 is 2.16 bits per heavy atom. The Morgan fingerprint density at radius 3 is 2.84 bits per heavy atom. The second-order valence-electron chi connectivity index (χ2n) is 4.33. The van der Waals surface area contributed by atoms with Gasteiger partial charge < -0.3 is 10.1 Å². The van der Waals surface area contributed by atoms with Crippen molar-refractivity contribution >= 4 is 0 Å². The van der Waals surface area contributed by atoms with Crippen LogP contribution < -0.4 is 10.1 Å². The van der Waals surface area contributed by atoms with Crippen molar-refractivity contribution in [1.82, 2.24) is 10.3 Å². The van der Waals surface area contributed by atoms with Gasteiger partial charge >= 0.3 is 0 Å². The summed E-state index contributed by atoms with van der Waals surface area (Å²) < 4.78 is 18.4. The SMILES string of the molecule is CNC(Cc1cccc(OC)c1)c1cncc(F)c1. The Morgan fingerprint density at radius 1 is 1.32 bits per heavy atom. The maximum atomic E-state index is 13.2. The van der Waals surface area contributed by atoms with Gasteiger partial charge in [-0.25, -0.2) is 4.39 Å². The molecule has 100 valence electrons. The van der Waals surface area contributed by atoms with Crippen LogP contribution in [-0.2, 0) is 6.42 Å². The van der Waals surface area contributed by atoms with E-state index in [1.165, 1.54) is 12.3 Å². The number of rotatable bonds is 5. The van der Waals surface area contributed by atoms with E-state index in [0.29, 0.717) is 0 Å². The number of benzene rings is 1. The fraction of sp³-hybridized carbons (Fsp3) is 0.267. The molecule has 0 aliphatic rings. The lowest BCUT2D eigenvalue weighted by molar-refractivity contribution is 0.414. The van der Waals surface area contributed by atoms with Crippen molar-refractivity contribution in [3.05, 3.63) is 59.7 Å². The fourth-order valence-electron chi connectivity index (χ4n) is 2.04. The summed E-state index contributed by atoms with van der Waals surface area (Å²) in [5, 5.41) is 3.18. The van der Waals surface area contributed by atoms with Crippen molar-refractivity contribution in [1.29, 1.82) is 0 Å². The van der Waals surface area contributed by atoms with Crippen molar-refractivity contribution in [3.63, 3.8) is 0 Å². The van der Waals surface area contributed by atoms with Crippen LogP contribution in [0.25, 0.3) is 0 Å². The maximum Gasteiger partial charge on any atom is 0.141 e. The van der Waals surface area contributed by atoms with E-state index in [1.54, 1.807) is 13.3 Å². The normalized spacial score (nSPS) is 12.2. The third kappa shape index (κ3) is 3.51. The molecule has 1 unspecified atom stereocenters. The van der Waals surface area contributed by atoms with Crippen LogP contribution in [0.15, 0.2) is 42.7 Å². The molecule has 2 aromatic rings. The first kappa shape index (κ1) is 13.5. The van der Waals surface area contributed by atoms with E-state index in [-0.39, 0.29) is 11.9 Å². The van der Waals surface area contributed by atoms with E-state index in [2.05, 4.69) is 10.3 Å². The van der Waals surface area contributed by atoms with Gasteiger partial charge in [0, 0.05) is 12.2 Å². The third-order valence-corrected chi connectivity index (χ3v) is 3.05. The molecule has 1 aromatic carbocycles. The van der Waals surface area contributed by atoms with Crippen molar-refractivity contribution < 1.29 is 9.13 Å². The Labute approximate surface area is 112 Å². The van der Waals surface area contributed by atoms with Crippen molar-refractivity contribution in [2.45, 2.75) is 12.5 Å². The zero-order valence-corrected chi connectivity index (χ0v) is 11.1. The quantitative estimate of drug-likeness (QED) is 0.897. The van der Waals surface area contributed by atoms with Gasteiger partial charge in [-0.3, -0.25) is 4.98 Å². The van der Waals surface area contributed by atoms with E-state index in [0.717, 1.165) is 23.3 Å². The number of aromatic nitrogens is 1. The number of nitrogens with one attached hydrogen (secondary N) is 1. The van der Waals surface area contributed by atoms with Gasteiger partial charge in [-0.2, -0.15) is 0 Å². The first-order chi connectivity index (χ1) is 9.22. The molecule has 0 aliphatic carbocycles. The second-order valence-corrected chi connectivity index (χ2v) is 4.33. The van der Waals surface area contributed by atoms with E-state index in [4.69, 9.17) is 4.74 Å². The second kappa shape index (κ2) is 6.29. The number of pyridine rings is 1. The zero-order chi connectivity index (χ0) is 13.7. The van der Waals surface area contributed by atoms with Crippen LogP contribution in [0.4, 0.5) is 4.39 Å². The lowest BCUT2D eigenvalue weighted by Crippen LogP contribution is -2.19. The molecule has 19 heavy (non-hydrogen) atoms. The van der Waals surface area contributed by atoms with Crippen LogP contribution in [0.1, 0.15) is 17.2 Å². The van der Waals surface area contributed by atoms with Crippen LogP contribution in [0.3, 0.4) is 0 Å². The summed E-state index contributed by atoms with van der Waals surface area (Å²) in [5.41, 5.74) is 1.97. The zero-order valence-electron chi connectivity index (χ0n) is 11.1. The molecule has 0 aliphatic heterocycles. The molecule has 0 fully saturated rings. The van der Waals surface area contributed by atoms with E-state index < -0.39 is 0 Å². The lowest BCUT2D eigenvalue weighted by atomic mass is 10.0. The summed E-state index contributed by atoms with van der Waals surface area (Å²) in [5.74, 6) is 0.508. The van der Waals surface area contributed by atoms with Crippen LogP contribution >= 0.6 is 0 Å². The Bertz CT molecular complexity index is 545. The number of ether oxygens (including phenoxy) is 1. The first-order valence-corrected chi connectivity index (χ1v) is 6.13. The summed E-state index contributed by atoms with van der Waals surface area (Å²) in [4.78, 5) is 3.89. The predicted octanol–water partition coefficient (Wildman–Crippen LogP) is 2.73. The molecule has 1 aromatic heterocycles. The van der Waals surface area contributed by atoms with Crippen LogP contribution in [0.5, 0.6) is 5.75 Å². The summed E-state index contributed by atoms with van der Waals surface area (Å²) in [6.07, 6.45) is 3.64. The minimum Gasteiger partial charge on any atom is -0.497 e. The molecule has 1 heterocycles. The molecule has 0 radical (unpaired) electrons. The van der Waals surface area contributed by atoms with E-state index >= 15 is 0 Å². The molecule has 0 bridgehead atoms. The molecule has 2 rings (SSSR count). The lowest BCUT2D eigenvalue weighted by Gasteiger charge is -2.16. The van der Waals surface area contributed by atoms with Crippen LogP contribution in [0, 0.1) is 5.82 Å². The minimum absolute atomic E-state index is 0.0234. The highest BCUT2D eigenvalue weighted by Gasteiger charge is 2.11. The van der Waals surface area contributed by atoms with Gasteiger partial charge in [0.2, 0.25) is 0 Å². The van der Waals surface area contributed by atoms with Crippen molar-refractivity contribution in [3.8, 4) is 5.75 Å². The third-order valence-electron chi connectivity index (χ3n) is 3.05. The number of hydrogen-bond acceptors (Lipinski definition) is 3. The molecule has 0 spiro atoms. The van der Waals surface area contributed by atoms with Crippen molar-refractivity contribution in [2.75, 3.05) is 14.2 Å². The predicted molar refractivity (Wildman–Crippen MR) is 72.7 cm³/mol. The number of nitrogens with zero attached hydrogens (tertiary/aromatic N) is 1. The van der Waals surface area contributed by atoms with Crippen LogP contribution in [0.2, 0.25) is 0 Å². The molecule has 4 heteroatoms. The van der Waals surface area contributed by atoms with Gasteiger partial charge in [0.25, 0.3) is 0 Å². The number of hydrogen-bond donors (Lipinski definition) is 1. The molecular formula is C15H17FN2O. The van der Waals surface area contributed by atoms with Gasteiger partial charge in [-0.05, 0) is 42.8 Å². The fourth-order valence-corrected chi connectivity index (χ4v) is 2.04. The summed E-state index contributed by atoms with van der Waals surface area (Å²) >= 11 is 0. The molecule has 0 amide bonds. The number of methoxy groups -OCH3 is 1. The standard InChI is InChI=1S/C15H17FN2O/c1-17-15(12-8-13(16)10-18-9-12)7-11-4-3-5-14(6-11)19-2/h3-6,8-10,15,17H,7H2,1-2H3. The summed E-state index contributed by atoms with van der Waals surface area (Å²) in [6, 6.07) is 9.40. The average molecular weight is 260 g/mol. The summed E-state index contributed by atoms with van der Waals surface area (Å²) in [6.45, 7) is 0. The minimum atomic E-state index is -0.316. The molecule has 3 nitrogen and oxygen atoms in total. The van der Waals surface area contributed by atoms with Gasteiger partial charge in [-0.15, -0.1) is 0 Å². The van der Waals surface area contributed by atoms with Crippen LogP contribution in [-0.4, -0.2) is 19.1 Å². The highest BCUT2D eigenvalue weighted by Crippen LogP contribution is 2.20. The summed E-state index contributed by atoms with van der Waals surface area (Å²) in [7, 11) is 3.50. The molecular weight excluding hydrogens is 243 g/mol. The number of likely N-dealkylation sites (N-methyl/N-ethyl adjacent to an activating group) is 1. The molecule has 1 atom stereocenters. The highest BCUT2D eigenvalue weighted by molar-refractivity contribution is 5.30. The van der Waals surface area contributed by atoms with Crippen molar-refractivity contribution in [2.24, 2.45) is 0 Å².